The maximum Gasteiger partial charge on any atom is 0.320 e. The Labute approximate surface area is 233 Å². The summed E-state index contributed by atoms with van der Waals surface area (Å²) in [5.41, 5.74) is 11.2. The van der Waals surface area contributed by atoms with Crippen molar-refractivity contribution in [2.75, 3.05) is 43.4 Å². The molecule has 0 aromatic carbocycles. The van der Waals surface area contributed by atoms with Gasteiger partial charge in [0.1, 0.15) is 35.7 Å². The highest BCUT2D eigenvalue weighted by atomic mass is 32.2. The van der Waals surface area contributed by atoms with Crippen LogP contribution in [0.2, 0.25) is 0 Å². The van der Waals surface area contributed by atoms with Crippen LogP contribution in [0.1, 0.15) is 40.8 Å². The molecule has 39 heavy (non-hydrogen) atoms. The van der Waals surface area contributed by atoms with Gasteiger partial charge in [-0.15, -0.1) is 28.8 Å². The van der Waals surface area contributed by atoms with Crippen LogP contribution in [0.3, 0.4) is 0 Å². The summed E-state index contributed by atoms with van der Waals surface area (Å²) in [4.78, 5) is 15.0. The number of nitriles is 2. The Morgan fingerprint density at radius 3 is 2.92 bits per heavy atom. The van der Waals surface area contributed by atoms with E-state index < -0.39 is 6.17 Å². The standard InChI is InChI=1S/C27H25FN8OS2/c1-2-5-34-10-16(8-29)20-23(34)32-25(37-15-26-4-3-6-36(26)11-17(28)7-26)33-24(20)35-13-27(14-35)21-18(9-30)22(31)39-19(21)12-38-27/h5,10,17H,1,3-4,6-7,11-15,31H2/t17-,26+/m1/s1. The summed E-state index contributed by atoms with van der Waals surface area (Å²) in [6.07, 6.45) is 4.82. The lowest BCUT2D eigenvalue weighted by Gasteiger charge is -2.48. The monoisotopic (exact) mass is 560 g/mol. The van der Waals surface area contributed by atoms with Crippen LogP contribution in [0.25, 0.3) is 17.2 Å². The average Bonchev–Trinajstić information content (AvgIpc) is 3.67. The molecule has 0 unspecified atom stereocenters. The van der Waals surface area contributed by atoms with Crippen LogP contribution in [-0.4, -0.2) is 63.9 Å². The molecule has 12 heteroatoms. The van der Waals surface area contributed by atoms with Gasteiger partial charge in [0.15, 0.2) is 5.65 Å². The summed E-state index contributed by atoms with van der Waals surface area (Å²) in [6.45, 7) is 6.55. The van der Waals surface area contributed by atoms with E-state index >= 15 is 0 Å². The van der Waals surface area contributed by atoms with Crippen molar-refractivity contribution in [1.82, 2.24) is 19.4 Å². The average molecular weight is 561 g/mol. The van der Waals surface area contributed by atoms with Crippen molar-refractivity contribution < 1.29 is 9.13 Å². The van der Waals surface area contributed by atoms with Crippen molar-refractivity contribution in [2.24, 2.45) is 0 Å². The van der Waals surface area contributed by atoms with Gasteiger partial charge >= 0.3 is 6.01 Å². The largest absolute Gasteiger partial charge is 0.461 e. The van der Waals surface area contributed by atoms with Crippen molar-refractivity contribution in [2.45, 2.75) is 41.5 Å². The highest BCUT2D eigenvalue weighted by Crippen LogP contribution is 2.58. The van der Waals surface area contributed by atoms with Gasteiger partial charge in [0.2, 0.25) is 0 Å². The van der Waals surface area contributed by atoms with Crippen molar-refractivity contribution in [1.29, 1.82) is 10.5 Å². The second kappa shape index (κ2) is 8.73. The molecule has 7 heterocycles. The Balaban J connectivity index is 1.26. The third-order valence-corrected chi connectivity index (χ3v) is 11.1. The molecular formula is C27H25FN8OS2. The third-order valence-electron chi connectivity index (χ3n) is 8.46. The molecule has 7 rings (SSSR count). The number of rotatable bonds is 5. The minimum atomic E-state index is -0.850. The minimum absolute atomic E-state index is 0.195. The molecule has 2 N–H and O–H groups in total. The van der Waals surface area contributed by atoms with Crippen molar-refractivity contribution >= 4 is 51.2 Å². The van der Waals surface area contributed by atoms with Crippen molar-refractivity contribution in [3.05, 3.63) is 40.1 Å². The first-order valence-corrected chi connectivity index (χ1v) is 14.6. The molecule has 0 amide bonds. The maximum absolute atomic E-state index is 14.3. The second-order valence-electron chi connectivity index (χ2n) is 10.7. The smallest absolute Gasteiger partial charge is 0.320 e. The van der Waals surface area contributed by atoms with E-state index in [4.69, 9.17) is 15.5 Å². The predicted octanol–water partition coefficient (Wildman–Crippen LogP) is 3.99. The SMILES string of the molecule is C=C=Cn1cc(C#N)c2c(N3CC4(C3)SCc3sc(N)c(C#N)c34)nc(OC[C@@]34CCCN3C[C@H](F)C4)nc21. The van der Waals surface area contributed by atoms with Gasteiger partial charge in [0.05, 0.1) is 33.0 Å². The highest BCUT2D eigenvalue weighted by Gasteiger charge is 2.53. The molecule has 0 bridgehead atoms. The van der Waals surface area contributed by atoms with E-state index in [-0.39, 0.29) is 16.3 Å². The lowest BCUT2D eigenvalue weighted by Crippen LogP contribution is -2.57. The molecule has 2 atom stereocenters. The Kier molecular flexibility index (Phi) is 5.49. The molecule has 4 aliphatic heterocycles. The molecule has 3 saturated heterocycles. The molecule has 4 aliphatic rings. The van der Waals surface area contributed by atoms with Gasteiger partial charge in [0.25, 0.3) is 0 Å². The topological polar surface area (TPSA) is 120 Å². The Morgan fingerprint density at radius 2 is 2.15 bits per heavy atom. The second-order valence-corrected chi connectivity index (χ2v) is 13.2. The van der Waals surface area contributed by atoms with E-state index in [9.17, 15) is 14.9 Å². The summed E-state index contributed by atoms with van der Waals surface area (Å²) in [5.74, 6) is 1.44. The van der Waals surface area contributed by atoms with Gasteiger partial charge in [-0.25, -0.2) is 4.39 Å². The van der Waals surface area contributed by atoms with E-state index in [1.54, 1.807) is 17.0 Å². The molecule has 0 aliphatic carbocycles. The lowest BCUT2D eigenvalue weighted by atomic mass is 9.88. The number of thioether (sulfide) groups is 1. The van der Waals surface area contributed by atoms with E-state index in [1.807, 2.05) is 11.8 Å². The Bertz CT molecular complexity index is 1650. The molecule has 3 fully saturated rings. The fourth-order valence-corrected chi connectivity index (χ4v) is 9.58. The number of ether oxygens (including phenoxy) is 1. The summed E-state index contributed by atoms with van der Waals surface area (Å²) >= 11 is 3.32. The minimum Gasteiger partial charge on any atom is -0.461 e. The number of anilines is 2. The third kappa shape index (κ3) is 3.53. The number of hydrogen-bond acceptors (Lipinski definition) is 10. The number of nitrogens with zero attached hydrogens (tertiary/aromatic N) is 7. The van der Waals surface area contributed by atoms with E-state index in [0.29, 0.717) is 65.6 Å². The van der Waals surface area contributed by atoms with Crippen LogP contribution in [-0.2, 0) is 10.5 Å². The zero-order valence-corrected chi connectivity index (χ0v) is 22.7. The maximum atomic E-state index is 14.3. The fourth-order valence-electron chi connectivity index (χ4n) is 6.77. The van der Waals surface area contributed by atoms with Gasteiger partial charge in [-0.3, -0.25) is 9.47 Å². The summed E-state index contributed by atoms with van der Waals surface area (Å²) < 4.78 is 22.0. The van der Waals surface area contributed by atoms with Gasteiger partial charge in [0, 0.05) is 48.4 Å². The molecule has 0 radical (unpaired) electrons. The van der Waals surface area contributed by atoms with Crippen LogP contribution in [0, 0.1) is 22.7 Å². The van der Waals surface area contributed by atoms with Crippen LogP contribution < -0.4 is 15.4 Å². The first-order valence-electron chi connectivity index (χ1n) is 12.8. The zero-order valence-electron chi connectivity index (χ0n) is 21.1. The van der Waals surface area contributed by atoms with Gasteiger partial charge < -0.3 is 15.4 Å². The lowest BCUT2D eigenvalue weighted by molar-refractivity contribution is 0.107. The first kappa shape index (κ1) is 24.5. The molecule has 3 aromatic heterocycles. The summed E-state index contributed by atoms with van der Waals surface area (Å²) in [5, 5.41) is 20.9. The Morgan fingerprint density at radius 1 is 1.31 bits per heavy atom. The molecule has 0 saturated carbocycles. The number of alkyl halides is 1. The molecular weight excluding hydrogens is 535 g/mol. The summed E-state index contributed by atoms with van der Waals surface area (Å²) in [6, 6.07) is 4.77. The van der Waals surface area contributed by atoms with Crippen molar-refractivity contribution in [3.8, 4) is 18.1 Å². The number of nitrogens with two attached hydrogens (primary N) is 1. The van der Waals surface area contributed by atoms with Crippen LogP contribution in [0.5, 0.6) is 6.01 Å². The molecule has 1 spiro atoms. The van der Waals surface area contributed by atoms with Crippen LogP contribution >= 0.6 is 23.1 Å². The number of halogens is 1. The van der Waals surface area contributed by atoms with Crippen LogP contribution in [0.15, 0.2) is 18.5 Å². The Hall–Kier alpha value is -3.54. The molecule has 3 aromatic rings. The van der Waals surface area contributed by atoms with Gasteiger partial charge in [-0.2, -0.15) is 20.5 Å². The predicted molar refractivity (Wildman–Crippen MR) is 149 cm³/mol. The van der Waals surface area contributed by atoms with E-state index in [2.05, 4.69) is 39.2 Å². The normalized spacial score (nSPS) is 24.7. The van der Waals surface area contributed by atoms with E-state index in [0.717, 1.165) is 35.6 Å². The number of hydrogen-bond donors (Lipinski definition) is 1. The van der Waals surface area contributed by atoms with Crippen molar-refractivity contribution in [3.63, 3.8) is 0 Å². The van der Waals surface area contributed by atoms with Gasteiger partial charge in [-0.1, -0.05) is 6.58 Å². The number of thiophene rings is 1. The zero-order chi connectivity index (χ0) is 26.9. The van der Waals surface area contributed by atoms with Crippen LogP contribution in [0.4, 0.5) is 15.2 Å². The number of fused-ring (bicyclic) bond motifs is 4. The van der Waals surface area contributed by atoms with Gasteiger partial charge in [-0.05, 0) is 19.4 Å². The quantitative estimate of drug-likeness (QED) is 0.462. The molecule has 9 nitrogen and oxygen atoms in total. The number of aromatic nitrogens is 3. The fraction of sp³-hybridized carbons (Fsp3) is 0.444. The highest BCUT2D eigenvalue weighted by molar-refractivity contribution is 8.00. The van der Waals surface area contributed by atoms with E-state index in [1.165, 1.54) is 11.3 Å². The summed E-state index contributed by atoms with van der Waals surface area (Å²) in [7, 11) is 0. The number of nitrogen functional groups attached to an aromatic ring is 1. The molecule has 198 valence electrons. The first-order chi connectivity index (χ1) is 18.9.